The number of nitrogens with one attached hydrogen (secondary N) is 3. The third kappa shape index (κ3) is 2.85. The molecule has 3 unspecified atom stereocenters. The van der Waals surface area contributed by atoms with Gasteiger partial charge in [0.15, 0.2) is 0 Å². The summed E-state index contributed by atoms with van der Waals surface area (Å²) in [6, 6.07) is 8.53. The molecule has 0 bridgehead atoms. The van der Waals surface area contributed by atoms with Crippen LogP contribution in [0.4, 0.5) is 5.69 Å². The highest BCUT2D eigenvalue weighted by Gasteiger charge is 2.38. The van der Waals surface area contributed by atoms with Gasteiger partial charge in [0.2, 0.25) is 5.91 Å². The highest BCUT2D eigenvalue weighted by Crippen LogP contribution is 2.33. The van der Waals surface area contributed by atoms with E-state index < -0.39 is 0 Å². The molecule has 3 N–H and O–H groups in total. The van der Waals surface area contributed by atoms with Gasteiger partial charge in [0.05, 0.1) is 6.04 Å². The molecule has 0 spiro atoms. The number of hydrogen-bond donors (Lipinski definition) is 3. The molecule has 1 amide bonds. The lowest BCUT2D eigenvalue weighted by atomic mass is 9.85. The number of H-pyrrole nitrogens is 1. The van der Waals surface area contributed by atoms with Gasteiger partial charge in [-0.2, -0.15) is 0 Å². The van der Waals surface area contributed by atoms with Crippen LogP contribution in [0.3, 0.4) is 0 Å². The van der Waals surface area contributed by atoms with Crippen molar-refractivity contribution < 1.29 is 4.79 Å². The average Bonchev–Trinajstić information content (AvgIpc) is 3.13. The molecule has 1 saturated carbocycles. The first kappa shape index (κ1) is 15.4. The lowest BCUT2D eigenvalue weighted by Gasteiger charge is -2.24. The first-order valence-electron chi connectivity index (χ1n) is 7.94. The second-order valence-corrected chi connectivity index (χ2v) is 6.37. The Balaban J connectivity index is 0.00000144. The first-order valence-corrected chi connectivity index (χ1v) is 7.94. The summed E-state index contributed by atoms with van der Waals surface area (Å²) < 4.78 is 0. The maximum atomic E-state index is 12.5. The Morgan fingerprint density at radius 3 is 2.91 bits per heavy atom. The van der Waals surface area contributed by atoms with E-state index in [-0.39, 0.29) is 24.4 Å². The van der Waals surface area contributed by atoms with Gasteiger partial charge in [-0.1, -0.05) is 12.8 Å². The van der Waals surface area contributed by atoms with Crippen LogP contribution in [-0.4, -0.2) is 23.0 Å². The number of amides is 1. The summed E-state index contributed by atoms with van der Waals surface area (Å²) in [5, 5.41) is 7.71. The Labute approximate surface area is 136 Å². The van der Waals surface area contributed by atoms with E-state index in [1.807, 2.05) is 30.5 Å². The predicted octanol–water partition coefficient (Wildman–Crippen LogP) is 3.45. The van der Waals surface area contributed by atoms with Gasteiger partial charge in [0, 0.05) is 28.8 Å². The molecule has 1 aromatic carbocycles. The minimum absolute atomic E-state index is 0. The molecule has 2 aliphatic rings. The zero-order chi connectivity index (χ0) is 14.2. The first-order chi connectivity index (χ1) is 10.3. The summed E-state index contributed by atoms with van der Waals surface area (Å²) in [6.45, 7) is 0. The smallest absolute Gasteiger partial charge is 0.241 e. The average molecular weight is 320 g/mol. The van der Waals surface area contributed by atoms with Gasteiger partial charge in [-0.3, -0.25) is 4.79 Å². The van der Waals surface area contributed by atoms with Crippen molar-refractivity contribution in [2.45, 2.75) is 44.2 Å². The molecule has 1 aliphatic heterocycles. The minimum atomic E-state index is -0.0278. The SMILES string of the molecule is Cl.O=C(Nc1ccc2[nH]ccc2c1)C1CC2CCCCC2N1. The number of hydrogen-bond acceptors (Lipinski definition) is 2. The summed E-state index contributed by atoms with van der Waals surface area (Å²) in [5.41, 5.74) is 1.97. The fourth-order valence-corrected chi connectivity index (χ4v) is 3.88. The Morgan fingerprint density at radius 1 is 1.18 bits per heavy atom. The minimum Gasteiger partial charge on any atom is -0.361 e. The number of rotatable bonds is 2. The van der Waals surface area contributed by atoms with Crippen molar-refractivity contribution in [3.05, 3.63) is 30.5 Å². The number of benzene rings is 1. The van der Waals surface area contributed by atoms with E-state index in [1.54, 1.807) is 0 Å². The second kappa shape index (κ2) is 6.31. The molecule has 4 rings (SSSR count). The van der Waals surface area contributed by atoms with Crippen LogP contribution in [0, 0.1) is 5.92 Å². The van der Waals surface area contributed by atoms with E-state index in [4.69, 9.17) is 0 Å². The largest absolute Gasteiger partial charge is 0.361 e. The number of aromatic nitrogens is 1. The van der Waals surface area contributed by atoms with Crippen molar-refractivity contribution in [2.24, 2.45) is 5.92 Å². The number of fused-ring (bicyclic) bond motifs is 2. The molecule has 22 heavy (non-hydrogen) atoms. The van der Waals surface area contributed by atoms with Crippen molar-refractivity contribution >= 4 is 34.9 Å². The van der Waals surface area contributed by atoms with Crippen LogP contribution in [-0.2, 0) is 4.79 Å². The number of carbonyl (C=O) groups excluding carboxylic acids is 1. The van der Waals surface area contributed by atoms with Crippen molar-refractivity contribution in [1.82, 2.24) is 10.3 Å². The Morgan fingerprint density at radius 2 is 2.05 bits per heavy atom. The standard InChI is InChI=1S/C17H21N3O.ClH/c21-17(16-10-11-3-1-2-4-15(11)20-16)19-13-5-6-14-12(9-13)7-8-18-14;/h5-9,11,15-16,18,20H,1-4,10H2,(H,19,21);1H. The third-order valence-electron chi connectivity index (χ3n) is 5.00. The summed E-state index contributed by atoms with van der Waals surface area (Å²) in [4.78, 5) is 15.6. The van der Waals surface area contributed by atoms with Crippen LogP contribution in [0.25, 0.3) is 10.9 Å². The molecular formula is C17H22ClN3O. The van der Waals surface area contributed by atoms with E-state index in [0.717, 1.165) is 23.0 Å². The molecule has 5 heteroatoms. The van der Waals surface area contributed by atoms with E-state index in [1.165, 1.54) is 25.7 Å². The number of carbonyl (C=O) groups is 1. The van der Waals surface area contributed by atoms with E-state index >= 15 is 0 Å². The van der Waals surface area contributed by atoms with Gasteiger partial charge in [0.25, 0.3) is 0 Å². The fourth-order valence-electron chi connectivity index (χ4n) is 3.88. The molecular weight excluding hydrogens is 298 g/mol. The molecule has 4 nitrogen and oxygen atoms in total. The van der Waals surface area contributed by atoms with Crippen LogP contribution in [0.1, 0.15) is 32.1 Å². The molecule has 1 saturated heterocycles. The van der Waals surface area contributed by atoms with Crippen molar-refractivity contribution in [2.75, 3.05) is 5.32 Å². The molecule has 2 aromatic rings. The highest BCUT2D eigenvalue weighted by atomic mass is 35.5. The van der Waals surface area contributed by atoms with Gasteiger partial charge >= 0.3 is 0 Å². The van der Waals surface area contributed by atoms with Crippen molar-refractivity contribution in [3.63, 3.8) is 0 Å². The molecule has 2 heterocycles. The number of halogens is 1. The van der Waals surface area contributed by atoms with E-state index in [2.05, 4.69) is 15.6 Å². The Hall–Kier alpha value is -1.52. The predicted molar refractivity (Wildman–Crippen MR) is 91.5 cm³/mol. The number of aromatic amines is 1. The summed E-state index contributed by atoms with van der Waals surface area (Å²) in [7, 11) is 0. The van der Waals surface area contributed by atoms with Crippen molar-refractivity contribution in [1.29, 1.82) is 0 Å². The maximum absolute atomic E-state index is 12.5. The van der Waals surface area contributed by atoms with Crippen LogP contribution in [0.5, 0.6) is 0 Å². The van der Waals surface area contributed by atoms with Crippen LogP contribution in [0.15, 0.2) is 30.5 Å². The van der Waals surface area contributed by atoms with Gasteiger partial charge in [-0.15, -0.1) is 12.4 Å². The molecule has 3 atom stereocenters. The summed E-state index contributed by atoms with van der Waals surface area (Å²) in [6.07, 6.45) is 8.02. The lowest BCUT2D eigenvalue weighted by Crippen LogP contribution is -2.39. The molecule has 0 radical (unpaired) electrons. The van der Waals surface area contributed by atoms with Crippen LogP contribution >= 0.6 is 12.4 Å². The number of anilines is 1. The molecule has 2 fully saturated rings. The van der Waals surface area contributed by atoms with E-state index in [0.29, 0.717) is 12.0 Å². The van der Waals surface area contributed by atoms with Crippen molar-refractivity contribution in [3.8, 4) is 0 Å². The highest BCUT2D eigenvalue weighted by molar-refractivity contribution is 5.97. The maximum Gasteiger partial charge on any atom is 0.241 e. The normalized spacial score (nSPS) is 27.2. The Kier molecular flexibility index (Phi) is 4.41. The quantitative estimate of drug-likeness (QED) is 0.794. The lowest BCUT2D eigenvalue weighted by molar-refractivity contribution is -0.117. The molecule has 118 valence electrons. The van der Waals surface area contributed by atoms with Gasteiger partial charge < -0.3 is 15.6 Å². The summed E-state index contributed by atoms with van der Waals surface area (Å²) >= 11 is 0. The second-order valence-electron chi connectivity index (χ2n) is 6.37. The van der Waals surface area contributed by atoms with Crippen LogP contribution < -0.4 is 10.6 Å². The van der Waals surface area contributed by atoms with E-state index in [9.17, 15) is 4.79 Å². The monoisotopic (exact) mass is 319 g/mol. The molecule has 1 aromatic heterocycles. The fraction of sp³-hybridized carbons (Fsp3) is 0.471. The molecule has 1 aliphatic carbocycles. The van der Waals surface area contributed by atoms with Crippen LogP contribution in [0.2, 0.25) is 0 Å². The topological polar surface area (TPSA) is 56.9 Å². The van der Waals surface area contributed by atoms with Gasteiger partial charge in [-0.05, 0) is 49.4 Å². The zero-order valence-corrected chi connectivity index (χ0v) is 13.3. The zero-order valence-electron chi connectivity index (χ0n) is 12.5. The van der Waals surface area contributed by atoms with Gasteiger partial charge in [-0.25, -0.2) is 0 Å². The third-order valence-corrected chi connectivity index (χ3v) is 5.00. The Bertz CT molecular complexity index is 655. The summed E-state index contributed by atoms with van der Waals surface area (Å²) in [5.74, 6) is 0.806. The van der Waals surface area contributed by atoms with Gasteiger partial charge in [0.1, 0.15) is 0 Å².